The summed E-state index contributed by atoms with van der Waals surface area (Å²) in [5.41, 5.74) is 1.27. The SMILES string of the molecule is CC(C)c1ccc(S(=O)(=O)N2CCCC3(CCN(c4ccc(Cl)cc4)C3=O)C2)cc1. The van der Waals surface area contributed by atoms with Gasteiger partial charge < -0.3 is 4.90 Å². The van der Waals surface area contributed by atoms with E-state index in [2.05, 4.69) is 13.8 Å². The molecule has 2 aromatic carbocycles. The van der Waals surface area contributed by atoms with Crippen molar-refractivity contribution < 1.29 is 13.2 Å². The molecule has 7 heteroatoms. The van der Waals surface area contributed by atoms with Gasteiger partial charge in [-0.3, -0.25) is 4.79 Å². The van der Waals surface area contributed by atoms with Crippen LogP contribution in [0, 0.1) is 5.41 Å². The molecule has 2 aromatic rings. The molecule has 0 saturated carbocycles. The topological polar surface area (TPSA) is 57.7 Å². The van der Waals surface area contributed by atoms with Crippen molar-refractivity contribution in [3.63, 3.8) is 0 Å². The number of hydrogen-bond donors (Lipinski definition) is 0. The Kier molecular flexibility index (Phi) is 5.68. The van der Waals surface area contributed by atoms with Crippen molar-refractivity contribution in [1.29, 1.82) is 0 Å². The number of rotatable bonds is 4. The van der Waals surface area contributed by atoms with Gasteiger partial charge in [0.1, 0.15) is 0 Å². The van der Waals surface area contributed by atoms with Crippen molar-refractivity contribution in [2.24, 2.45) is 5.41 Å². The number of amides is 1. The number of piperidine rings is 1. The van der Waals surface area contributed by atoms with Gasteiger partial charge in [0, 0.05) is 30.3 Å². The average Bonchev–Trinajstić information content (AvgIpc) is 3.04. The molecule has 0 aromatic heterocycles. The van der Waals surface area contributed by atoms with Crippen molar-refractivity contribution in [1.82, 2.24) is 4.31 Å². The van der Waals surface area contributed by atoms with E-state index in [0.29, 0.717) is 48.2 Å². The highest BCUT2D eigenvalue weighted by Gasteiger charge is 2.51. The second-order valence-electron chi connectivity index (χ2n) is 8.63. The highest BCUT2D eigenvalue weighted by atomic mass is 35.5. The molecule has 2 heterocycles. The predicted molar refractivity (Wildman–Crippen MR) is 119 cm³/mol. The summed E-state index contributed by atoms with van der Waals surface area (Å²) in [7, 11) is -3.63. The molecule has 1 spiro atoms. The number of nitrogens with zero attached hydrogens (tertiary/aromatic N) is 2. The van der Waals surface area contributed by atoms with Crippen molar-refractivity contribution in [2.75, 3.05) is 24.5 Å². The number of benzene rings is 2. The van der Waals surface area contributed by atoms with Crippen LogP contribution in [-0.2, 0) is 14.8 Å². The van der Waals surface area contributed by atoms with Crippen LogP contribution in [0.1, 0.15) is 44.6 Å². The highest BCUT2D eigenvalue weighted by Crippen LogP contribution is 2.43. The van der Waals surface area contributed by atoms with Crippen LogP contribution >= 0.6 is 11.6 Å². The molecule has 2 aliphatic heterocycles. The van der Waals surface area contributed by atoms with Gasteiger partial charge in [-0.1, -0.05) is 37.6 Å². The van der Waals surface area contributed by atoms with Gasteiger partial charge in [-0.2, -0.15) is 4.31 Å². The molecule has 0 aliphatic carbocycles. The van der Waals surface area contributed by atoms with Crippen LogP contribution < -0.4 is 4.90 Å². The second-order valence-corrected chi connectivity index (χ2v) is 11.0. The van der Waals surface area contributed by atoms with Crippen LogP contribution in [0.3, 0.4) is 0 Å². The summed E-state index contributed by atoms with van der Waals surface area (Å²) >= 11 is 5.97. The number of halogens is 1. The summed E-state index contributed by atoms with van der Waals surface area (Å²) in [6.07, 6.45) is 2.06. The molecule has 1 unspecified atom stereocenters. The lowest BCUT2D eigenvalue weighted by molar-refractivity contribution is -0.127. The molecule has 0 N–H and O–H groups in total. The first-order valence-electron chi connectivity index (χ1n) is 10.4. The van der Waals surface area contributed by atoms with Gasteiger partial charge in [0.15, 0.2) is 0 Å². The Bertz CT molecular complexity index is 1040. The first-order chi connectivity index (χ1) is 14.2. The zero-order chi connectivity index (χ0) is 21.5. The Balaban J connectivity index is 1.56. The largest absolute Gasteiger partial charge is 0.312 e. The Morgan fingerprint density at radius 2 is 1.63 bits per heavy atom. The third-order valence-corrected chi connectivity index (χ3v) is 8.49. The normalized spacial score (nSPS) is 22.9. The lowest BCUT2D eigenvalue weighted by Gasteiger charge is -2.38. The van der Waals surface area contributed by atoms with E-state index in [9.17, 15) is 13.2 Å². The molecule has 0 bridgehead atoms. The number of sulfonamides is 1. The molecule has 4 rings (SSSR count). The van der Waals surface area contributed by atoms with Crippen LogP contribution in [0.15, 0.2) is 53.4 Å². The Labute approximate surface area is 183 Å². The number of carbonyl (C=O) groups is 1. The summed E-state index contributed by atoms with van der Waals surface area (Å²) < 4.78 is 28.1. The summed E-state index contributed by atoms with van der Waals surface area (Å²) in [5.74, 6) is 0.356. The van der Waals surface area contributed by atoms with Gasteiger partial charge in [0.25, 0.3) is 0 Å². The van der Waals surface area contributed by atoms with Gasteiger partial charge >= 0.3 is 0 Å². The number of anilines is 1. The fourth-order valence-corrected chi connectivity index (χ4v) is 6.23. The van der Waals surface area contributed by atoms with Gasteiger partial charge in [-0.05, 0) is 67.1 Å². The smallest absolute Gasteiger partial charge is 0.243 e. The maximum absolute atomic E-state index is 13.4. The lowest BCUT2D eigenvalue weighted by Crippen LogP contribution is -2.49. The Hall–Kier alpha value is -1.89. The van der Waals surface area contributed by atoms with Crippen molar-refractivity contribution in [2.45, 2.75) is 43.9 Å². The van der Waals surface area contributed by atoms with E-state index in [1.165, 1.54) is 4.31 Å². The van der Waals surface area contributed by atoms with Crippen molar-refractivity contribution >= 4 is 33.2 Å². The lowest BCUT2D eigenvalue weighted by atomic mass is 9.79. The first kappa shape index (κ1) is 21.3. The molecule has 1 atom stereocenters. The summed E-state index contributed by atoms with van der Waals surface area (Å²) in [5, 5.41) is 0.624. The van der Waals surface area contributed by atoms with Crippen LogP contribution in [-0.4, -0.2) is 38.3 Å². The van der Waals surface area contributed by atoms with Crippen LogP contribution in [0.4, 0.5) is 5.69 Å². The molecule has 2 saturated heterocycles. The minimum absolute atomic E-state index is 0.0138. The van der Waals surface area contributed by atoms with E-state index in [-0.39, 0.29) is 12.5 Å². The van der Waals surface area contributed by atoms with E-state index < -0.39 is 15.4 Å². The van der Waals surface area contributed by atoms with Crippen LogP contribution in [0.25, 0.3) is 0 Å². The Morgan fingerprint density at radius 3 is 2.27 bits per heavy atom. The van der Waals surface area contributed by atoms with Gasteiger partial charge in [-0.25, -0.2) is 8.42 Å². The molecular formula is C23H27ClN2O3S. The molecule has 2 fully saturated rings. The van der Waals surface area contributed by atoms with E-state index in [1.54, 1.807) is 29.2 Å². The third-order valence-electron chi connectivity index (χ3n) is 6.38. The fraction of sp³-hybridized carbons (Fsp3) is 0.435. The highest BCUT2D eigenvalue weighted by molar-refractivity contribution is 7.89. The molecule has 1 amide bonds. The summed E-state index contributed by atoms with van der Waals surface area (Å²) in [4.78, 5) is 15.4. The van der Waals surface area contributed by atoms with E-state index in [4.69, 9.17) is 11.6 Å². The molecule has 0 radical (unpaired) electrons. The van der Waals surface area contributed by atoms with Crippen molar-refractivity contribution in [3.05, 3.63) is 59.1 Å². The Morgan fingerprint density at radius 1 is 0.967 bits per heavy atom. The summed E-state index contributed by atoms with van der Waals surface area (Å²) in [6.45, 7) is 5.44. The second kappa shape index (κ2) is 7.98. The molecule has 5 nitrogen and oxygen atoms in total. The maximum atomic E-state index is 13.4. The number of hydrogen-bond acceptors (Lipinski definition) is 3. The zero-order valence-electron chi connectivity index (χ0n) is 17.3. The van der Waals surface area contributed by atoms with Crippen LogP contribution in [0.2, 0.25) is 5.02 Å². The molecular weight excluding hydrogens is 420 g/mol. The average molecular weight is 447 g/mol. The van der Waals surface area contributed by atoms with Gasteiger partial charge in [0.2, 0.25) is 15.9 Å². The van der Waals surface area contributed by atoms with E-state index >= 15 is 0 Å². The molecule has 30 heavy (non-hydrogen) atoms. The number of carbonyl (C=O) groups excluding carboxylic acids is 1. The van der Waals surface area contributed by atoms with E-state index in [0.717, 1.165) is 11.3 Å². The standard InChI is InChI=1S/C23H27ClN2O3S/c1-17(2)18-4-10-21(11-5-18)30(28,29)25-14-3-12-23(16-25)13-15-26(22(23)27)20-8-6-19(24)7-9-20/h4-11,17H,3,12-16H2,1-2H3. The minimum atomic E-state index is -3.63. The van der Waals surface area contributed by atoms with Crippen molar-refractivity contribution in [3.8, 4) is 0 Å². The minimum Gasteiger partial charge on any atom is -0.312 e. The quantitative estimate of drug-likeness (QED) is 0.685. The van der Waals surface area contributed by atoms with E-state index in [1.807, 2.05) is 24.3 Å². The molecule has 160 valence electrons. The van der Waals surface area contributed by atoms with Gasteiger partial charge in [-0.15, -0.1) is 0 Å². The molecule has 2 aliphatic rings. The first-order valence-corrected chi connectivity index (χ1v) is 12.2. The van der Waals surface area contributed by atoms with Gasteiger partial charge in [0.05, 0.1) is 10.3 Å². The summed E-state index contributed by atoms with van der Waals surface area (Å²) in [6, 6.07) is 14.3. The zero-order valence-corrected chi connectivity index (χ0v) is 18.9. The fourth-order valence-electron chi connectivity index (χ4n) is 4.54. The van der Waals surface area contributed by atoms with Crippen LogP contribution in [0.5, 0.6) is 0 Å². The predicted octanol–water partition coefficient (Wildman–Crippen LogP) is 4.67. The maximum Gasteiger partial charge on any atom is 0.243 e. The third kappa shape index (κ3) is 3.77. The monoisotopic (exact) mass is 446 g/mol.